The van der Waals surface area contributed by atoms with Crippen molar-refractivity contribution in [1.82, 2.24) is 14.7 Å². The second-order valence-corrected chi connectivity index (χ2v) is 7.82. The van der Waals surface area contributed by atoms with Gasteiger partial charge in [0.15, 0.2) is 0 Å². The van der Waals surface area contributed by atoms with Gasteiger partial charge in [0.25, 0.3) is 5.91 Å². The van der Waals surface area contributed by atoms with Gasteiger partial charge in [-0.1, -0.05) is 30.3 Å². The number of imide groups is 1. The zero-order valence-electron chi connectivity index (χ0n) is 15.7. The van der Waals surface area contributed by atoms with Crippen LogP contribution in [0, 0.1) is 0 Å². The number of rotatable bonds is 4. The van der Waals surface area contributed by atoms with Gasteiger partial charge in [-0.25, -0.2) is 4.79 Å². The summed E-state index contributed by atoms with van der Waals surface area (Å²) in [6.45, 7) is 1.26. The van der Waals surface area contributed by atoms with Crippen LogP contribution in [-0.2, 0) is 17.9 Å². The molecule has 5 rings (SSSR count). The summed E-state index contributed by atoms with van der Waals surface area (Å²) < 4.78 is 0. The summed E-state index contributed by atoms with van der Waals surface area (Å²) in [5.41, 5.74) is 5.07. The predicted octanol–water partition coefficient (Wildman–Crippen LogP) is 2.87. The Bertz CT molecular complexity index is 995. The second kappa shape index (κ2) is 6.19. The monoisotopic (exact) mass is 375 g/mol. The number of amides is 4. The van der Waals surface area contributed by atoms with Crippen molar-refractivity contribution in [3.8, 4) is 11.1 Å². The third-order valence-electron chi connectivity index (χ3n) is 5.84. The Morgan fingerprint density at radius 1 is 0.929 bits per heavy atom. The summed E-state index contributed by atoms with van der Waals surface area (Å²) >= 11 is 0. The number of nitrogens with zero attached hydrogens (tertiary/aromatic N) is 3. The van der Waals surface area contributed by atoms with Crippen LogP contribution < -0.4 is 0 Å². The van der Waals surface area contributed by atoms with E-state index in [-0.39, 0.29) is 24.4 Å². The van der Waals surface area contributed by atoms with Crippen molar-refractivity contribution in [3.63, 3.8) is 0 Å². The molecule has 142 valence electrons. The molecule has 1 saturated carbocycles. The molecule has 0 atom stereocenters. The molecule has 2 aromatic rings. The molecular weight excluding hydrogens is 354 g/mol. The minimum atomic E-state index is -0.252. The van der Waals surface area contributed by atoms with Gasteiger partial charge in [0.05, 0.1) is 0 Å². The van der Waals surface area contributed by atoms with E-state index in [1.54, 1.807) is 4.90 Å². The van der Waals surface area contributed by atoms with Crippen LogP contribution in [0.1, 0.15) is 34.3 Å². The highest BCUT2D eigenvalue weighted by molar-refractivity contribution is 6.01. The number of carbonyl (C=O) groups is 3. The zero-order valence-corrected chi connectivity index (χ0v) is 15.7. The van der Waals surface area contributed by atoms with Crippen molar-refractivity contribution in [2.45, 2.75) is 32.0 Å². The Labute approximate surface area is 163 Å². The maximum absolute atomic E-state index is 12.5. The molecule has 2 fully saturated rings. The number of hydrogen-bond acceptors (Lipinski definition) is 3. The Morgan fingerprint density at radius 3 is 2.29 bits per heavy atom. The minimum absolute atomic E-state index is 0.132. The SMILES string of the molecule is CN1C(=O)CN(Cc2ccc(-c3ccc4c(c3)CN(C3CC3)C4=O)cc2)C1=O. The maximum Gasteiger partial charge on any atom is 0.327 e. The Hall–Kier alpha value is -3.15. The van der Waals surface area contributed by atoms with Crippen LogP contribution in [0.4, 0.5) is 4.79 Å². The van der Waals surface area contributed by atoms with Crippen molar-refractivity contribution in [1.29, 1.82) is 0 Å². The first-order valence-electron chi connectivity index (χ1n) is 9.60. The first-order valence-corrected chi connectivity index (χ1v) is 9.60. The molecule has 1 saturated heterocycles. The Kier molecular flexibility index (Phi) is 3.75. The third-order valence-corrected chi connectivity index (χ3v) is 5.84. The van der Waals surface area contributed by atoms with Crippen LogP contribution in [-0.4, -0.2) is 52.2 Å². The van der Waals surface area contributed by atoms with Crippen molar-refractivity contribution < 1.29 is 14.4 Å². The van der Waals surface area contributed by atoms with Gasteiger partial charge in [-0.15, -0.1) is 0 Å². The zero-order chi connectivity index (χ0) is 19.4. The molecule has 1 aliphatic carbocycles. The van der Waals surface area contributed by atoms with Gasteiger partial charge in [0, 0.05) is 31.7 Å². The van der Waals surface area contributed by atoms with Crippen LogP contribution in [0.2, 0.25) is 0 Å². The topological polar surface area (TPSA) is 60.9 Å². The lowest BCUT2D eigenvalue weighted by atomic mass is 9.99. The van der Waals surface area contributed by atoms with Gasteiger partial charge in [-0.05, 0) is 47.2 Å². The largest absolute Gasteiger partial charge is 0.331 e. The van der Waals surface area contributed by atoms with E-state index in [0.717, 1.165) is 45.6 Å². The van der Waals surface area contributed by atoms with Crippen LogP contribution in [0.25, 0.3) is 11.1 Å². The molecule has 4 amide bonds. The van der Waals surface area contributed by atoms with Gasteiger partial charge in [0.2, 0.25) is 5.91 Å². The van der Waals surface area contributed by atoms with Crippen molar-refractivity contribution in [2.75, 3.05) is 13.6 Å². The fraction of sp³-hybridized carbons (Fsp3) is 0.318. The van der Waals surface area contributed by atoms with Crippen LogP contribution in [0.3, 0.4) is 0 Å². The van der Waals surface area contributed by atoms with Crippen LogP contribution in [0.5, 0.6) is 0 Å². The summed E-state index contributed by atoms with van der Waals surface area (Å²) in [5.74, 6) is -0.0104. The number of urea groups is 1. The lowest BCUT2D eigenvalue weighted by Gasteiger charge is -2.15. The van der Waals surface area contributed by atoms with Crippen molar-refractivity contribution in [3.05, 3.63) is 59.2 Å². The quantitative estimate of drug-likeness (QED) is 0.772. The standard InChI is InChI=1S/C22H21N3O3/c1-23-20(26)13-24(22(23)28)11-14-2-4-15(5-3-14)16-6-9-19-17(10-16)12-25(21(19)27)18-7-8-18/h2-6,9-10,18H,7-8,11-13H2,1H3. The Balaban J connectivity index is 1.33. The first kappa shape index (κ1) is 17.0. The molecule has 2 heterocycles. The van der Waals surface area contributed by atoms with Crippen molar-refractivity contribution in [2.24, 2.45) is 0 Å². The molecule has 28 heavy (non-hydrogen) atoms. The lowest BCUT2D eigenvalue weighted by Crippen LogP contribution is -2.29. The van der Waals surface area contributed by atoms with Gasteiger partial charge in [-0.2, -0.15) is 0 Å². The fourth-order valence-electron chi connectivity index (χ4n) is 4.01. The van der Waals surface area contributed by atoms with Gasteiger partial charge >= 0.3 is 6.03 Å². The van der Waals surface area contributed by atoms with E-state index in [0.29, 0.717) is 19.1 Å². The predicted molar refractivity (Wildman–Crippen MR) is 103 cm³/mol. The second-order valence-electron chi connectivity index (χ2n) is 7.82. The van der Waals surface area contributed by atoms with E-state index < -0.39 is 0 Å². The highest BCUT2D eigenvalue weighted by Gasteiger charge is 2.38. The lowest BCUT2D eigenvalue weighted by molar-refractivity contribution is -0.124. The van der Waals surface area contributed by atoms with Crippen LogP contribution in [0.15, 0.2) is 42.5 Å². The fourth-order valence-corrected chi connectivity index (χ4v) is 4.01. The average Bonchev–Trinajstić information content (AvgIpc) is 3.46. The average molecular weight is 375 g/mol. The summed E-state index contributed by atoms with van der Waals surface area (Å²) in [7, 11) is 1.51. The smallest absolute Gasteiger partial charge is 0.327 e. The van der Waals surface area contributed by atoms with Gasteiger partial charge in [0.1, 0.15) is 6.54 Å². The summed E-state index contributed by atoms with van der Waals surface area (Å²) in [6, 6.07) is 14.3. The number of carbonyl (C=O) groups excluding carboxylic acids is 3. The van der Waals surface area contributed by atoms with E-state index in [1.807, 2.05) is 41.3 Å². The van der Waals surface area contributed by atoms with E-state index in [1.165, 1.54) is 7.05 Å². The molecular formula is C22H21N3O3. The summed E-state index contributed by atoms with van der Waals surface area (Å²) in [6.07, 6.45) is 2.24. The molecule has 0 radical (unpaired) electrons. The van der Waals surface area contributed by atoms with E-state index in [2.05, 4.69) is 6.07 Å². The number of fused-ring (bicyclic) bond motifs is 1. The molecule has 0 unspecified atom stereocenters. The highest BCUT2D eigenvalue weighted by atomic mass is 16.2. The molecule has 0 spiro atoms. The molecule has 6 nitrogen and oxygen atoms in total. The highest BCUT2D eigenvalue weighted by Crippen LogP contribution is 2.36. The van der Waals surface area contributed by atoms with Gasteiger partial charge < -0.3 is 9.80 Å². The summed E-state index contributed by atoms with van der Waals surface area (Å²) in [5, 5.41) is 0. The molecule has 2 aliphatic heterocycles. The van der Waals surface area contributed by atoms with E-state index >= 15 is 0 Å². The molecule has 2 aromatic carbocycles. The van der Waals surface area contributed by atoms with E-state index in [9.17, 15) is 14.4 Å². The molecule has 0 N–H and O–H groups in total. The third kappa shape index (κ3) is 2.76. The number of likely N-dealkylation sites (N-methyl/N-ethyl adjacent to an activating group) is 1. The molecule has 0 bridgehead atoms. The summed E-state index contributed by atoms with van der Waals surface area (Å²) in [4.78, 5) is 40.8. The number of hydrogen-bond donors (Lipinski definition) is 0. The number of benzene rings is 2. The normalized spacial score (nSPS) is 19.0. The maximum atomic E-state index is 12.5. The molecule has 0 aromatic heterocycles. The molecule has 6 heteroatoms. The van der Waals surface area contributed by atoms with Crippen molar-refractivity contribution >= 4 is 17.8 Å². The Morgan fingerprint density at radius 2 is 1.64 bits per heavy atom. The van der Waals surface area contributed by atoms with E-state index in [4.69, 9.17) is 0 Å². The first-order chi connectivity index (χ1) is 13.5. The van der Waals surface area contributed by atoms with Crippen LogP contribution >= 0.6 is 0 Å². The van der Waals surface area contributed by atoms with Gasteiger partial charge in [-0.3, -0.25) is 14.5 Å². The minimum Gasteiger partial charge on any atom is -0.331 e. The molecule has 3 aliphatic rings.